The van der Waals surface area contributed by atoms with Gasteiger partial charge in [0.05, 0.1) is 12.2 Å². The van der Waals surface area contributed by atoms with Gasteiger partial charge in [0.1, 0.15) is 11.5 Å². The zero-order valence-corrected chi connectivity index (χ0v) is 13.9. The second-order valence-corrected chi connectivity index (χ2v) is 5.91. The third-order valence-electron chi connectivity index (χ3n) is 4.19. The Morgan fingerprint density at radius 1 is 1.12 bits per heavy atom. The third kappa shape index (κ3) is 3.12. The van der Waals surface area contributed by atoms with Crippen molar-refractivity contribution in [3.63, 3.8) is 0 Å². The van der Waals surface area contributed by atoms with E-state index in [0.717, 1.165) is 33.7 Å². The maximum absolute atomic E-state index is 11.3. The SMILES string of the molecule is NC(=O)c1ccc(-c2cc(NCc3ccccn3)nc3[nH]ccc23)cc1. The van der Waals surface area contributed by atoms with Crippen LogP contribution in [0, 0.1) is 0 Å². The number of amides is 1. The Morgan fingerprint density at radius 2 is 1.96 bits per heavy atom. The van der Waals surface area contributed by atoms with E-state index in [4.69, 9.17) is 5.73 Å². The Kier molecular flexibility index (Phi) is 4.07. The number of nitrogens with zero attached hydrogens (tertiary/aromatic N) is 2. The van der Waals surface area contributed by atoms with Crippen molar-refractivity contribution < 1.29 is 4.79 Å². The molecule has 0 aliphatic carbocycles. The lowest BCUT2D eigenvalue weighted by atomic mass is 10.0. The predicted octanol–water partition coefficient (Wildman–Crippen LogP) is 3.34. The van der Waals surface area contributed by atoms with Gasteiger partial charge >= 0.3 is 0 Å². The minimum absolute atomic E-state index is 0.434. The van der Waals surface area contributed by atoms with Gasteiger partial charge in [-0.3, -0.25) is 9.78 Å². The zero-order chi connectivity index (χ0) is 17.9. The van der Waals surface area contributed by atoms with Crippen LogP contribution in [0.5, 0.6) is 0 Å². The quantitative estimate of drug-likeness (QED) is 0.518. The number of nitrogens with two attached hydrogens (primary N) is 1. The molecule has 4 N–H and O–H groups in total. The molecule has 0 spiro atoms. The van der Waals surface area contributed by atoms with Crippen LogP contribution in [0.3, 0.4) is 0 Å². The second kappa shape index (κ2) is 6.68. The maximum atomic E-state index is 11.3. The van der Waals surface area contributed by atoms with Crippen molar-refractivity contribution in [2.45, 2.75) is 6.54 Å². The molecule has 128 valence electrons. The Hall–Kier alpha value is -3.67. The van der Waals surface area contributed by atoms with Crippen molar-refractivity contribution in [2.75, 3.05) is 5.32 Å². The summed E-state index contributed by atoms with van der Waals surface area (Å²) in [6.45, 7) is 0.583. The Balaban J connectivity index is 1.69. The fourth-order valence-electron chi connectivity index (χ4n) is 2.86. The first-order valence-electron chi connectivity index (χ1n) is 8.23. The summed E-state index contributed by atoms with van der Waals surface area (Å²) >= 11 is 0. The molecule has 0 atom stereocenters. The van der Waals surface area contributed by atoms with E-state index in [9.17, 15) is 4.79 Å². The topological polar surface area (TPSA) is 96.7 Å². The molecule has 0 saturated heterocycles. The lowest BCUT2D eigenvalue weighted by molar-refractivity contribution is 0.100. The molecule has 0 aliphatic rings. The molecule has 0 fully saturated rings. The Labute approximate surface area is 150 Å². The number of carbonyl (C=O) groups is 1. The summed E-state index contributed by atoms with van der Waals surface area (Å²) < 4.78 is 0. The number of fused-ring (bicyclic) bond motifs is 1. The number of rotatable bonds is 5. The number of hydrogen-bond acceptors (Lipinski definition) is 4. The number of nitrogens with one attached hydrogen (secondary N) is 2. The molecular formula is C20H17N5O. The van der Waals surface area contributed by atoms with Crippen LogP contribution in [0.25, 0.3) is 22.2 Å². The maximum Gasteiger partial charge on any atom is 0.248 e. The van der Waals surface area contributed by atoms with Crippen LogP contribution in [0.4, 0.5) is 5.82 Å². The minimum Gasteiger partial charge on any atom is -0.366 e. The van der Waals surface area contributed by atoms with Crippen molar-refractivity contribution in [3.8, 4) is 11.1 Å². The van der Waals surface area contributed by atoms with Crippen LogP contribution in [0.2, 0.25) is 0 Å². The number of primary amides is 1. The van der Waals surface area contributed by atoms with Gasteiger partial charge in [-0.05, 0) is 47.5 Å². The van der Waals surface area contributed by atoms with Crippen molar-refractivity contribution in [1.82, 2.24) is 15.0 Å². The van der Waals surface area contributed by atoms with Crippen molar-refractivity contribution in [2.24, 2.45) is 5.73 Å². The Bertz CT molecular complexity index is 1050. The number of anilines is 1. The van der Waals surface area contributed by atoms with E-state index in [1.54, 1.807) is 18.3 Å². The van der Waals surface area contributed by atoms with Crippen LogP contribution in [-0.2, 0) is 6.54 Å². The molecule has 0 unspecified atom stereocenters. The first-order chi connectivity index (χ1) is 12.7. The van der Waals surface area contributed by atoms with Gasteiger partial charge in [0.15, 0.2) is 0 Å². The number of benzene rings is 1. The number of hydrogen-bond donors (Lipinski definition) is 3. The van der Waals surface area contributed by atoms with Gasteiger partial charge < -0.3 is 16.0 Å². The molecule has 0 aliphatic heterocycles. The van der Waals surface area contributed by atoms with E-state index in [0.29, 0.717) is 12.1 Å². The summed E-state index contributed by atoms with van der Waals surface area (Å²) in [6.07, 6.45) is 3.63. The molecule has 1 amide bonds. The molecular weight excluding hydrogens is 326 g/mol. The lowest BCUT2D eigenvalue weighted by Gasteiger charge is -2.10. The first-order valence-corrected chi connectivity index (χ1v) is 8.23. The molecule has 0 bridgehead atoms. The minimum atomic E-state index is -0.434. The zero-order valence-electron chi connectivity index (χ0n) is 13.9. The molecule has 0 saturated carbocycles. The largest absolute Gasteiger partial charge is 0.366 e. The van der Waals surface area contributed by atoms with Gasteiger partial charge in [-0.15, -0.1) is 0 Å². The van der Waals surface area contributed by atoms with Crippen molar-refractivity contribution in [1.29, 1.82) is 0 Å². The highest BCUT2D eigenvalue weighted by Crippen LogP contribution is 2.30. The molecule has 3 aromatic heterocycles. The number of aromatic amines is 1. The van der Waals surface area contributed by atoms with Crippen LogP contribution in [0.1, 0.15) is 16.1 Å². The van der Waals surface area contributed by atoms with E-state index in [2.05, 4.69) is 20.3 Å². The van der Waals surface area contributed by atoms with Crippen LogP contribution in [-0.4, -0.2) is 20.9 Å². The number of pyridine rings is 2. The second-order valence-electron chi connectivity index (χ2n) is 5.91. The number of carbonyl (C=O) groups excluding carboxylic acids is 1. The fraction of sp³-hybridized carbons (Fsp3) is 0.0500. The van der Waals surface area contributed by atoms with Gasteiger partial charge in [-0.25, -0.2) is 4.98 Å². The highest BCUT2D eigenvalue weighted by molar-refractivity contribution is 5.96. The van der Waals surface area contributed by atoms with Gasteiger partial charge in [0.25, 0.3) is 0 Å². The number of aromatic nitrogens is 3. The van der Waals surface area contributed by atoms with Gasteiger partial charge in [0, 0.05) is 23.3 Å². The molecule has 26 heavy (non-hydrogen) atoms. The lowest BCUT2D eigenvalue weighted by Crippen LogP contribution is -2.10. The fourth-order valence-corrected chi connectivity index (χ4v) is 2.86. The average molecular weight is 343 g/mol. The van der Waals surface area contributed by atoms with Gasteiger partial charge in [-0.2, -0.15) is 0 Å². The van der Waals surface area contributed by atoms with Gasteiger partial charge in [-0.1, -0.05) is 18.2 Å². The normalized spacial score (nSPS) is 10.8. The monoisotopic (exact) mass is 343 g/mol. The van der Waals surface area contributed by atoms with Gasteiger partial charge in [0.2, 0.25) is 5.91 Å². The van der Waals surface area contributed by atoms with E-state index >= 15 is 0 Å². The highest BCUT2D eigenvalue weighted by Gasteiger charge is 2.10. The summed E-state index contributed by atoms with van der Waals surface area (Å²) in [7, 11) is 0. The smallest absolute Gasteiger partial charge is 0.248 e. The van der Waals surface area contributed by atoms with E-state index in [1.165, 1.54) is 0 Å². The molecule has 1 aromatic carbocycles. The summed E-state index contributed by atoms with van der Waals surface area (Å²) in [5.74, 6) is 0.315. The van der Waals surface area contributed by atoms with E-state index in [-0.39, 0.29) is 0 Å². The summed E-state index contributed by atoms with van der Waals surface area (Å²) in [6, 6.07) is 17.0. The summed E-state index contributed by atoms with van der Waals surface area (Å²) in [5, 5.41) is 4.33. The summed E-state index contributed by atoms with van der Waals surface area (Å²) in [5.41, 5.74) is 9.56. The third-order valence-corrected chi connectivity index (χ3v) is 4.19. The average Bonchev–Trinajstić information content (AvgIpc) is 3.15. The molecule has 3 heterocycles. The predicted molar refractivity (Wildman–Crippen MR) is 102 cm³/mol. The van der Waals surface area contributed by atoms with Crippen LogP contribution >= 0.6 is 0 Å². The van der Waals surface area contributed by atoms with Crippen molar-refractivity contribution in [3.05, 3.63) is 78.2 Å². The molecule has 6 nitrogen and oxygen atoms in total. The molecule has 4 rings (SSSR count). The Morgan fingerprint density at radius 3 is 2.69 bits per heavy atom. The van der Waals surface area contributed by atoms with E-state index < -0.39 is 5.91 Å². The van der Waals surface area contributed by atoms with Crippen molar-refractivity contribution >= 4 is 22.8 Å². The molecule has 6 heteroatoms. The van der Waals surface area contributed by atoms with Crippen LogP contribution in [0.15, 0.2) is 67.0 Å². The highest BCUT2D eigenvalue weighted by atomic mass is 16.1. The standard InChI is InChI=1S/C20H17N5O/c21-19(26)14-6-4-13(5-7-14)17-11-18(25-20-16(17)8-10-23-20)24-12-15-3-1-2-9-22-15/h1-11H,12H2,(H2,21,26)(H2,23,24,25). The molecule has 0 radical (unpaired) electrons. The molecule has 4 aromatic rings. The van der Waals surface area contributed by atoms with E-state index in [1.807, 2.05) is 48.7 Å². The summed E-state index contributed by atoms with van der Waals surface area (Å²) in [4.78, 5) is 23.4. The first kappa shape index (κ1) is 15.8. The number of H-pyrrole nitrogens is 1. The van der Waals surface area contributed by atoms with Crippen LogP contribution < -0.4 is 11.1 Å².